The van der Waals surface area contributed by atoms with Crippen LogP contribution in [0.2, 0.25) is 4.34 Å². The second-order valence-corrected chi connectivity index (χ2v) is 7.64. The monoisotopic (exact) mass is 393 g/mol. The van der Waals surface area contributed by atoms with Crippen molar-refractivity contribution in [1.29, 1.82) is 0 Å². The summed E-state index contributed by atoms with van der Waals surface area (Å²) in [4.78, 5) is 13.7. The fourth-order valence-corrected chi connectivity index (χ4v) is 4.26. The predicted molar refractivity (Wildman–Crippen MR) is 87.6 cm³/mol. The van der Waals surface area contributed by atoms with Gasteiger partial charge in [-0.2, -0.15) is 0 Å². The zero-order chi connectivity index (χ0) is 14.5. The van der Waals surface area contributed by atoms with Gasteiger partial charge in [0.25, 0.3) is 0 Å². The second kappa shape index (κ2) is 7.56. The highest BCUT2D eigenvalue weighted by atomic mass is 79.9. The van der Waals surface area contributed by atoms with Crippen LogP contribution in [0.5, 0.6) is 0 Å². The van der Waals surface area contributed by atoms with E-state index in [0.29, 0.717) is 13.0 Å². The van der Waals surface area contributed by atoms with E-state index >= 15 is 0 Å². The van der Waals surface area contributed by atoms with Gasteiger partial charge in [-0.25, -0.2) is 0 Å². The van der Waals surface area contributed by atoms with Crippen molar-refractivity contribution >= 4 is 56.2 Å². The standard InChI is InChI=1S/C13H13BrClNO2S2/c1-18-12(17)6-10(11-3-2-4-19-11)16-7-8-5-9(14)13(15)20-8/h2-5,10,16H,6-7H2,1H3. The molecule has 2 aromatic heterocycles. The Bertz CT molecular complexity index is 551. The van der Waals surface area contributed by atoms with E-state index in [1.165, 1.54) is 18.4 Å². The van der Waals surface area contributed by atoms with Crippen molar-refractivity contribution in [3.63, 3.8) is 0 Å². The summed E-state index contributed by atoms with van der Waals surface area (Å²) in [5.41, 5.74) is 0. The number of hydrogen-bond donors (Lipinski definition) is 1. The maximum absolute atomic E-state index is 11.5. The van der Waals surface area contributed by atoms with E-state index in [0.717, 1.165) is 18.6 Å². The third kappa shape index (κ3) is 4.30. The first-order valence-electron chi connectivity index (χ1n) is 5.87. The molecule has 0 aliphatic rings. The average molecular weight is 395 g/mol. The van der Waals surface area contributed by atoms with Crippen molar-refractivity contribution in [3.05, 3.63) is 42.1 Å². The molecule has 1 atom stereocenters. The molecule has 0 spiro atoms. The summed E-state index contributed by atoms with van der Waals surface area (Å²) < 4.78 is 6.40. The van der Waals surface area contributed by atoms with Crippen molar-refractivity contribution in [3.8, 4) is 0 Å². The van der Waals surface area contributed by atoms with E-state index < -0.39 is 0 Å². The number of ether oxygens (including phenoxy) is 1. The van der Waals surface area contributed by atoms with Crippen molar-refractivity contribution in [1.82, 2.24) is 5.32 Å². The summed E-state index contributed by atoms with van der Waals surface area (Å²) in [5.74, 6) is -0.221. The summed E-state index contributed by atoms with van der Waals surface area (Å²) in [5, 5.41) is 5.38. The number of nitrogens with one attached hydrogen (secondary N) is 1. The van der Waals surface area contributed by atoms with Gasteiger partial charge in [-0.3, -0.25) is 4.79 Å². The van der Waals surface area contributed by atoms with Gasteiger partial charge in [0.15, 0.2) is 0 Å². The Hall–Kier alpha value is -0.400. The minimum atomic E-state index is -0.221. The van der Waals surface area contributed by atoms with Crippen molar-refractivity contribution in [2.75, 3.05) is 7.11 Å². The lowest BCUT2D eigenvalue weighted by atomic mass is 10.1. The summed E-state index contributed by atoms with van der Waals surface area (Å²) in [6.45, 7) is 0.662. The van der Waals surface area contributed by atoms with E-state index in [1.54, 1.807) is 11.3 Å². The molecule has 108 valence electrons. The molecule has 1 unspecified atom stereocenters. The van der Waals surface area contributed by atoms with Gasteiger partial charge in [0.05, 0.1) is 19.6 Å². The van der Waals surface area contributed by atoms with Crippen LogP contribution in [-0.2, 0) is 16.1 Å². The van der Waals surface area contributed by atoms with Crippen molar-refractivity contribution in [2.45, 2.75) is 19.0 Å². The summed E-state index contributed by atoms with van der Waals surface area (Å²) >= 11 is 12.6. The van der Waals surface area contributed by atoms with Crippen molar-refractivity contribution in [2.24, 2.45) is 0 Å². The highest BCUT2D eigenvalue weighted by Crippen LogP contribution is 2.32. The molecule has 0 aromatic carbocycles. The zero-order valence-corrected chi connectivity index (χ0v) is 14.7. The van der Waals surface area contributed by atoms with Crippen molar-refractivity contribution < 1.29 is 9.53 Å². The molecule has 0 amide bonds. The number of carbonyl (C=O) groups excluding carboxylic acids is 1. The maximum atomic E-state index is 11.5. The first-order valence-corrected chi connectivity index (χ1v) is 8.74. The van der Waals surface area contributed by atoms with Gasteiger partial charge in [-0.1, -0.05) is 17.7 Å². The molecule has 0 saturated heterocycles. The fraction of sp³-hybridized carbons (Fsp3) is 0.308. The summed E-state index contributed by atoms with van der Waals surface area (Å²) in [6, 6.07) is 5.94. The minimum Gasteiger partial charge on any atom is -0.469 e. The number of rotatable bonds is 6. The molecule has 0 fully saturated rings. The topological polar surface area (TPSA) is 38.3 Å². The van der Waals surface area contributed by atoms with Crippen LogP contribution >= 0.6 is 50.2 Å². The van der Waals surface area contributed by atoms with E-state index in [9.17, 15) is 4.79 Å². The molecule has 2 aromatic rings. The molecular formula is C13H13BrClNO2S2. The van der Waals surface area contributed by atoms with Gasteiger partial charge in [-0.05, 0) is 33.4 Å². The Balaban J connectivity index is 2.02. The Morgan fingerprint density at radius 2 is 2.40 bits per heavy atom. The Kier molecular flexibility index (Phi) is 6.04. The normalized spacial score (nSPS) is 12.3. The van der Waals surface area contributed by atoms with Crippen LogP contribution in [0.1, 0.15) is 22.2 Å². The van der Waals surface area contributed by atoms with Gasteiger partial charge < -0.3 is 10.1 Å². The van der Waals surface area contributed by atoms with Crippen LogP contribution in [0.25, 0.3) is 0 Å². The second-order valence-electron chi connectivity index (χ2n) is 4.06. The molecule has 2 heterocycles. The van der Waals surface area contributed by atoms with Crippen LogP contribution in [0.4, 0.5) is 0 Å². The summed E-state index contributed by atoms with van der Waals surface area (Å²) in [7, 11) is 1.41. The first-order chi connectivity index (χ1) is 9.60. The minimum absolute atomic E-state index is 0.0397. The summed E-state index contributed by atoms with van der Waals surface area (Å²) in [6.07, 6.45) is 0.317. The number of hydrogen-bond acceptors (Lipinski definition) is 5. The molecule has 2 rings (SSSR count). The van der Waals surface area contributed by atoms with Gasteiger partial charge in [-0.15, -0.1) is 22.7 Å². The van der Waals surface area contributed by atoms with Crippen LogP contribution in [-0.4, -0.2) is 13.1 Å². The fourth-order valence-electron chi connectivity index (χ4n) is 1.72. The van der Waals surface area contributed by atoms with E-state index in [2.05, 4.69) is 21.2 Å². The van der Waals surface area contributed by atoms with Crippen LogP contribution in [0, 0.1) is 0 Å². The highest BCUT2D eigenvalue weighted by molar-refractivity contribution is 9.10. The van der Waals surface area contributed by atoms with E-state index in [4.69, 9.17) is 16.3 Å². The molecule has 3 nitrogen and oxygen atoms in total. The smallest absolute Gasteiger partial charge is 0.307 e. The van der Waals surface area contributed by atoms with E-state index in [-0.39, 0.29) is 12.0 Å². The van der Waals surface area contributed by atoms with Crippen LogP contribution in [0.3, 0.4) is 0 Å². The molecule has 7 heteroatoms. The van der Waals surface area contributed by atoms with Gasteiger partial charge >= 0.3 is 5.97 Å². The van der Waals surface area contributed by atoms with Crippen LogP contribution < -0.4 is 5.32 Å². The van der Waals surface area contributed by atoms with E-state index in [1.807, 2.05) is 23.6 Å². The predicted octanol–water partition coefficient (Wildman–Crippen LogP) is 4.62. The lowest BCUT2D eigenvalue weighted by Crippen LogP contribution is -2.23. The molecular weight excluding hydrogens is 382 g/mol. The average Bonchev–Trinajstić information content (AvgIpc) is 3.05. The number of methoxy groups -OCH3 is 1. The molecule has 0 saturated carbocycles. The lowest BCUT2D eigenvalue weighted by molar-refractivity contribution is -0.141. The Morgan fingerprint density at radius 1 is 1.60 bits per heavy atom. The molecule has 0 aliphatic carbocycles. The first kappa shape index (κ1) is 16.0. The molecule has 0 radical (unpaired) electrons. The van der Waals surface area contributed by atoms with Gasteiger partial charge in [0.2, 0.25) is 0 Å². The lowest BCUT2D eigenvalue weighted by Gasteiger charge is -2.15. The zero-order valence-electron chi connectivity index (χ0n) is 10.7. The number of thiophene rings is 2. The Labute approximate surface area is 139 Å². The number of carbonyl (C=O) groups is 1. The number of esters is 1. The maximum Gasteiger partial charge on any atom is 0.307 e. The SMILES string of the molecule is COC(=O)CC(NCc1cc(Br)c(Cl)s1)c1cccs1. The largest absolute Gasteiger partial charge is 0.469 e. The molecule has 0 bridgehead atoms. The third-order valence-electron chi connectivity index (χ3n) is 2.70. The van der Waals surface area contributed by atoms with Crippen LogP contribution in [0.15, 0.2) is 28.1 Å². The molecule has 20 heavy (non-hydrogen) atoms. The number of halogens is 2. The molecule has 0 aliphatic heterocycles. The third-order valence-corrected chi connectivity index (χ3v) is 6.16. The quantitative estimate of drug-likeness (QED) is 0.727. The van der Waals surface area contributed by atoms with Gasteiger partial charge in [0, 0.05) is 20.8 Å². The van der Waals surface area contributed by atoms with Gasteiger partial charge in [0.1, 0.15) is 4.34 Å². The highest BCUT2D eigenvalue weighted by Gasteiger charge is 2.17. The Morgan fingerprint density at radius 3 is 2.95 bits per heavy atom. The molecule has 1 N–H and O–H groups in total.